The van der Waals surface area contributed by atoms with E-state index in [1.807, 2.05) is 182 Å². The summed E-state index contributed by atoms with van der Waals surface area (Å²) in [5.74, 6) is 0.530. The van der Waals surface area contributed by atoms with E-state index in [1.165, 1.54) is 12.1 Å². The second-order valence-corrected chi connectivity index (χ2v) is 20.9. The van der Waals surface area contributed by atoms with Gasteiger partial charge in [-0.1, -0.05) is 114 Å². The van der Waals surface area contributed by atoms with Crippen LogP contribution in [-0.4, -0.2) is 82.3 Å². The first kappa shape index (κ1) is 70.7. The number of amides is 3. The maximum absolute atomic E-state index is 12.4. The average Bonchev–Trinajstić information content (AvgIpc) is 1.76. The molecule has 468 valence electrons. The number of non-ortho nitro benzene ring substituents is 1. The van der Waals surface area contributed by atoms with Gasteiger partial charge < -0.3 is 14.8 Å². The van der Waals surface area contributed by atoms with Crippen LogP contribution in [-0.2, 0) is 91.8 Å². The number of likely N-dealkylation sites (N-methyl/N-ethyl adjacent to an activating group) is 1. The second-order valence-electron chi connectivity index (χ2n) is 20.9. The third-order valence-corrected chi connectivity index (χ3v) is 15.0. The molecule has 14 nitrogen and oxygen atoms in total. The Labute approximate surface area is 587 Å². The van der Waals surface area contributed by atoms with E-state index in [4.69, 9.17) is 4.99 Å². The van der Waals surface area contributed by atoms with Gasteiger partial charge in [-0.2, -0.15) is 0 Å². The number of urea groups is 1. The topological polar surface area (TPSA) is 171 Å². The van der Waals surface area contributed by atoms with Crippen molar-refractivity contribution in [2.45, 2.75) is 32.2 Å². The van der Waals surface area contributed by atoms with Crippen molar-refractivity contribution in [3.63, 3.8) is 0 Å². The summed E-state index contributed by atoms with van der Waals surface area (Å²) in [4.78, 5) is 83.2. The molecule has 0 fully saturated rings. The number of fused-ring (bicyclic) bond motifs is 6. The van der Waals surface area contributed by atoms with Gasteiger partial charge in [0.05, 0.1) is 44.9 Å². The Morgan fingerprint density at radius 1 is 0.489 bits per heavy atom. The zero-order chi connectivity index (χ0) is 61.1. The quantitative estimate of drug-likeness (QED) is 0.0943. The first-order chi connectivity index (χ1) is 42.9. The van der Waals surface area contributed by atoms with Crippen molar-refractivity contribution in [3.05, 3.63) is 298 Å². The molecule has 0 spiro atoms. The molecule has 0 aromatic heterocycles. The summed E-state index contributed by atoms with van der Waals surface area (Å²) in [5, 5.41) is 15.5. The molecule has 92 heavy (non-hydrogen) atoms. The molecule has 0 unspecified atom stereocenters. The van der Waals surface area contributed by atoms with Crippen LogP contribution in [0.5, 0.6) is 0 Å². The number of aliphatic imine (C=N–C) groups is 4. The van der Waals surface area contributed by atoms with Crippen LogP contribution in [0.25, 0.3) is 21.5 Å². The summed E-state index contributed by atoms with van der Waals surface area (Å²) in [6.07, 6.45) is 5.84. The molecule has 0 N–H and O–H groups in total. The Hall–Kier alpha value is -8.78. The van der Waals surface area contributed by atoms with Gasteiger partial charge in [0.25, 0.3) is 5.69 Å². The Morgan fingerprint density at radius 3 is 1.74 bits per heavy atom. The van der Waals surface area contributed by atoms with Crippen molar-refractivity contribution < 1.29 is 105 Å². The smallest absolute Gasteiger partial charge is 0.321 e. The van der Waals surface area contributed by atoms with Crippen molar-refractivity contribution in [2.24, 2.45) is 20.0 Å². The summed E-state index contributed by atoms with van der Waals surface area (Å²) < 4.78 is 0. The molecule has 14 rings (SSSR count). The Bertz CT molecular complexity index is 4520. The van der Waals surface area contributed by atoms with Gasteiger partial charge in [0, 0.05) is 144 Å². The van der Waals surface area contributed by atoms with Crippen LogP contribution in [0.15, 0.2) is 244 Å². The Kier molecular flexibility index (Phi) is 25.3. The number of benzene rings is 10. The standard InChI is InChI=1S/C21H15N2O3.C21H14NO.C16H14N3O.C16H13N2O.4Ir/c24-21-7-3-6-19(16-9-8-14-4-1-2-5-15(14)12-16)22-20-11-10-17(23(25)26)13-18(20)21;23-21-11-5-10-19(22-20-9-4-3-8-18(20)21)17-13-12-15-6-1-2-7-16(15)14-17;1-18-14-11-7-6-10-13(14)17-15(19(2)16(18)20)12-8-4-3-5-9-12;1-18-11-13-9-5-6-10-14(13)17-15(16(18)19)12-7-3-2-4-8-12;;;;/h1-2,4-5,8,10-13H,3,6-7H2;1-10,12,14H,11H2;3-8,10-11H,1-2H3;2-7,9-10H,11H2,1H3;;;;/q4*-1;;;;/b;10-5-,22-19?;;;;;;. The summed E-state index contributed by atoms with van der Waals surface area (Å²) >= 11 is 0. The van der Waals surface area contributed by atoms with Crippen LogP contribution in [0.4, 0.5) is 38.9 Å². The third kappa shape index (κ3) is 16.6. The molecule has 4 aliphatic heterocycles. The number of amidine groups is 1. The van der Waals surface area contributed by atoms with E-state index in [0.29, 0.717) is 60.6 Å². The van der Waals surface area contributed by atoms with Gasteiger partial charge in [-0.25, -0.2) is 4.79 Å². The number of nitro groups is 1. The van der Waals surface area contributed by atoms with Crippen molar-refractivity contribution in [3.8, 4) is 0 Å². The molecule has 0 atom stereocenters. The van der Waals surface area contributed by atoms with E-state index in [-0.39, 0.29) is 110 Å². The molecular formula is C74H56Ir4N8O6-4. The number of hydrogen-bond acceptors (Lipinski definition) is 10. The number of hydrogen-bond donors (Lipinski definition) is 0. The van der Waals surface area contributed by atoms with E-state index in [1.54, 1.807) is 48.0 Å². The van der Waals surface area contributed by atoms with Gasteiger partial charge in [-0.05, 0) is 66.2 Å². The minimum atomic E-state index is -0.492. The molecule has 18 heteroatoms. The SMILES string of the molecule is CN1C(=O)N(C)c2ccccc2N=C1c1[c-]cccc1.CN1Cc2ccccc2N=C(c2[c-]cccc2)C1=O.O=C1C/C=C\C(c2[c-]cc3ccccc3c2)=Nc2ccccc21.O=C1CCCC(c2[c-]cc3ccccc3c2)=Nc2ccc([N+](=O)[O-])cc21.[Ir].[Ir].[Ir].[Ir]. The van der Waals surface area contributed by atoms with Gasteiger partial charge in [-0.3, -0.25) is 44.4 Å². The van der Waals surface area contributed by atoms with Crippen LogP contribution in [0, 0.1) is 34.4 Å². The number of nitrogens with zero attached hydrogens (tertiary/aromatic N) is 8. The molecule has 10 aromatic rings. The number of Topliss-reactive ketones (excluding diaryl/α,β-unsaturated/α-hetero) is 2. The number of rotatable bonds is 5. The number of carbonyl (C=O) groups excluding carboxylic acids is 4. The summed E-state index contributed by atoms with van der Waals surface area (Å²) in [7, 11) is 5.28. The van der Waals surface area contributed by atoms with Crippen molar-refractivity contribution >= 4 is 102 Å². The first-order valence-electron chi connectivity index (χ1n) is 28.5. The normalized spacial score (nSPS) is 14.1. The maximum atomic E-state index is 12.4. The number of nitro benzene ring substituents is 1. The Morgan fingerprint density at radius 2 is 1.07 bits per heavy atom. The molecule has 4 radical (unpaired) electrons. The number of carbonyl (C=O) groups is 4. The predicted molar refractivity (Wildman–Crippen MR) is 348 cm³/mol. The molecule has 4 aliphatic rings. The summed E-state index contributed by atoms with van der Waals surface area (Å²) in [6.45, 7) is 0.578. The molecule has 0 saturated carbocycles. The second kappa shape index (κ2) is 33.0. The van der Waals surface area contributed by atoms with Crippen LogP contribution in [0.1, 0.15) is 74.2 Å². The molecule has 3 amide bonds. The molecular weight excluding hydrogens is 1870 g/mol. The number of allylic oxidation sites excluding steroid dienone is 2. The first-order valence-corrected chi connectivity index (χ1v) is 28.5. The molecule has 0 saturated heterocycles. The van der Waals surface area contributed by atoms with Crippen LogP contribution < -0.4 is 4.90 Å². The number of para-hydroxylation sites is 4. The van der Waals surface area contributed by atoms with E-state index in [2.05, 4.69) is 57.4 Å². The van der Waals surface area contributed by atoms with E-state index >= 15 is 0 Å². The minimum absolute atomic E-state index is 0. The maximum Gasteiger partial charge on any atom is 0.321 e. The minimum Gasteiger partial charge on any atom is -0.344 e. The van der Waals surface area contributed by atoms with Crippen molar-refractivity contribution in [1.29, 1.82) is 0 Å². The zero-order valence-electron chi connectivity index (χ0n) is 49.8. The Balaban J connectivity index is 0.000000173. The van der Waals surface area contributed by atoms with Crippen LogP contribution in [0.3, 0.4) is 0 Å². The summed E-state index contributed by atoms with van der Waals surface area (Å²) in [5.41, 5.74) is 11.1. The zero-order valence-corrected chi connectivity index (χ0v) is 59.3. The average molecular weight is 1920 g/mol. The van der Waals surface area contributed by atoms with Gasteiger partial charge in [0.2, 0.25) is 5.91 Å². The monoisotopic (exact) mass is 1920 g/mol. The van der Waals surface area contributed by atoms with E-state index in [9.17, 15) is 29.3 Å². The fourth-order valence-electron chi connectivity index (χ4n) is 10.4. The van der Waals surface area contributed by atoms with Gasteiger partial charge in [0.1, 0.15) is 0 Å². The number of ketones is 2. The molecule has 0 aliphatic carbocycles. The van der Waals surface area contributed by atoms with Gasteiger partial charge >= 0.3 is 6.03 Å². The largest absolute Gasteiger partial charge is 0.344 e. The van der Waals surface area contributed by atoms with Crippen LogP contribution >= 0.6 is 0 Å². The fourth-order valence-corrected chi connectivity index (χ4v) is 10.4. The van der Waals surface area contributed by atoms with Crippen LogP contribution in [0.2, 0.25) is 0 Å². The van der Waals surface area contributed by atoms with E-state index in [0.717, 1.165) is 83.5 Å². The molecule has 0 bridgehead atoms. The third-order valence-electron chi connectivity index (χ3n) is 15.0. The van der Waals surface area contributed by atoms with Gasteiger partial charge in [-0.15, -0.1) is 130 Å². The number of anilines is 1. The van der Waals surface area contributed by atoms with Crippen molar-refractivity contribution in [2.75, 3.05) is 26.0 Å². The predicted octanol–water partition coefficient (Wildman–Crippen LogP) is 15.6. The molecule has 10 aromatic carbocycles. The van der Waals surface area contributed by atoms with E-state index < -0.39 is 4.92 Å². The molecule has 4 heterocycles. The van der Waals surface area contributed by atoms with Crippen molar-refractivity contribution in [1.82, 2.24) is 9.80 Å². The summed E-state index contributed by atoms with van der Waals surface area (Å²) in [6, 6.07) is 79.1. The fraction of sp³-hybridized carbons (Fsp3) is 0.108. The van der Waals surface area contributed by atoms with Gasteiger partial charge in [0.15, 0.2) is 11.6 Å².